The normalized spacial score (nSPS) is 15.3. The predicted octanol–water partition coefficient (Wildman–Crippen LogP) is 3.55. The van der Waals surface area contributed by atoms with Gasteiger partial charge in [-0.25, -0.2) is 4.98 Å². The zero-order chi connectivity index (χ0) is 21.3. The lowest BCUT2D eigenvalue weighted by Crippen LogP contribution is -2.35. The maximum Gasteiger partial charge on any atom is 0.416 e. The van der Waals surface area contributed by atoms with Gasteiger partial charge in [-0.3, -0.25) is 4.79 Å². The second-order valence-electron chi connectivity index (χ2n) is 7.34. The minimum Gasteiger partial charge on any atom is -0.351 e. The fourth-order valence-corrected chi connectivity index (χ4v) is 3.55. The Morgan fingerprint density at radius 1 is 1.13 bits per heavy atom. The molecule has 0 unspecified atom stereocenters. The first-order valence-electron chi connectivity index (χ1n) is 9.62. The Hall–Kier alpha value is -3.14. The average Bonchev–Trinajstić information content (AvgIpc) is 2.67. The number of aryl methyl sites for hydroxylation is 1. The number of anilines is 3. The monoisotopic (exact) mass is 418 g/mol. The van der Waals surface area contributed by atoms with Crippen molar-refractivity contribution in [3.8, 4) is 0 Å². The molecule has 1 aromatic carbocycles. The van der Waals surface area contributed by atoms with Gasteiger partial charge in [0.15, 0.2) is 0 Å². The third-order valence-corrected chi connectivity index (χ3v) is 4.96. The molecule has 0 saturated carbocycles. The molecule has 1 saturated heterocycles. The van der Waals surface area contributed by atoms with E-state index in [1.807, 2.05) is 0 Å². The van der Waals surface area contributed by atoms with Crippen LogP contribution in [-0.2, 0) is 6.18 Å². The maximum absolute atomic E-state index is 13.2. The van der Waals surface area contributed by atoms with Crippen LogP contribution in [0.1, 0.15) is 24.0 Å². The highest BCUT2D eigenvalue weighted by atomic mass is 19.4. The summed E-state index contributed by atoms with van der Waals surface area (Å²) in [6.45, 7) is 3.33. The first kappa shape index (κ1) is 20.1. The van der Waals surface area contributed by atoms with E-state index in [9.17, 15) is 18.0 Å². The first-order valence-corrected chi connectivity index (χ1v) is 9.62. The smallest absolute Gasteiger partial charge is 0.351 e. The minimum atomic E-state index is -4.48. The van der Waals surface area contributed by atoms with Crippen LogP contribution in [0.25, 0.3) is 10.9 Å². The molecule has 0 radical (unpaired) electrons. The van der Waals surface area contributed by atoms with Gasteiger partial charge in [0.2, 0.25) is 5.95 Å². The van der Waals surface area contributed by atoms with Crippen molar-refractivity contribution < 1.29 is 13.2 Å². The molecular weight excluding hydrogens is 397 g/mol. The number of halogens is 3. The summed E-state index contributed by atoms with van der Waals surface area (Å²) in [7, 11) is 0. The number of fused-ring (bicyclic) bond motifs is 1. The Bertz CT molecular complexity index is 1120. The standard InChI is InChI=1S/C20H21F3N6O/c1-11-8-12(20(21,22)23)10-14(9-11)26-17-16-15(4-7-25-18(16)30)28-19(29-17)27-13-2-5-24-6-3-13/h4,7-10,13,24H,2-3,5-6H2,1H3,(H,25,30)(H2,26,27,28,29). The van der Waals surface area contributed by atoms with E-state index in [2.05, 4.69) is 30.9 Å². The number of piperidine rings is 1. The number of pyridine rings is 1. The van der Waals surface area contributed by atoms with E-state index in [0.29, 0.717) is 17.0 Å². The summed E-state index contributed by atoms with van der Waals surface area (Å²) in [6.07, 6.45) is -1.21. The minimum absolute atomic E-state index is 0.150. The Kier molecular flexibility index (Phi) is 5.33. The molecule has 4 N–H and O–H groups in total. The van der Waals surface area contributed by atoms with Gasteiger partial charge in [-0.2, -0.15) is 18.2 Å². The third kappa shape index (κ3) is 4.38. The number of aromatic amines is 1. The van der Waals surface area contributed by atoms with E-state index < -0.39 is 17.3 Å². The highest BCUT2D eigenvalue weighted by Crippen LogP contribution is 2.33. The van der Waals surface area contributed by atoms with Crippen molar-refractivity contribution in [2.24, 2.45) is 0 Å². The number of rotatable bonds is 4. The molecule has 30 heavy (non-hydrogen) atoms. The van der Waals surface area contributed by atoms with Crippen molar-refractivity contribution in [1.82, 2.24) is 20.3 Å². The number of nitrogens with zero attached hydrogens (tertiary/aromatic N) is 2. The van der Waals surface area contributed by atoms with Crippen LogP contribution < -0.4 is 21.5 Å². The highest BCUT2D eigenvalue weighted by molar-refractivity contribution is 5.91. The molecule has 0 bridgehead atoms. The number of H-pyrrole nitrogens is 1. The lowest BCUT2D eigenvalue weighted by molar-refractivity contribution is -0.137. The molecular formula is C20H21F3N6O. The van der Waals surface area contributed by atoms with Crippen LogP contribution in [-0.4, -0.2) is 34.1 Å². The van der Waals surface area contributed by atoms with Gasteiger partial charge in [0.05, 0.1) is 11.1 Å². The maximum atomic E-state index is 13.2. The Morgan fingerprint density at radius 3 is 2.63 bits per heavy atom. The molecule has 158 valence electrons. The van der Waals surface area contributed by atoms with E-state index in [0.717, 1.165) is 38.1 Å². The van der Waals surface area contributed by atoms with E-state index >= 15 is 0 Å². The zero-order valence-corrected chi connectivity index (χ0v) is 16.2. The zero-order valence-electron chi connectivity index (χ0n) is 16.2. The molecule has 7 nitrogen and oxygen atoms in total. The van der Waals surface area contributed by atoms with Crippen LogP contribution in [0, 0.1) is 6.92 Å². The Balaban J connectivity index is 1.75. The van der Waals surface area contributed by atoms with Crippen molar-refractivity contribution in [3.05, 3.63) is 51.9 Å². The van der Waals surface area contributed by atoms with Crippen molar-refractivity contribution in [2.45, 2.75) is 32.0 Å². The number of hydrogen-bond acceptors (Lipinski definition) is 6. The van der Waals surface area contributed by atoms with E-state index in [-0.39, 0.29) is 22.9 Å². The molecule has 0 atom stereocenters. The van der Waals surface area contributed by atoms with Gasteiger partial charge < -0.3 is 20.9 Å². The number of alkyl halides is 3. The number of benzene rings is 1. The lowest BCUT2D eigenvalue weighted by atomic mass is 10.1. The summed E-state index contributed by atoms with van der Waals surface area (Å²) in [6, 6.07) is 5.45. The molecule has 3 heterocycles. The van der Waals surface area contributed by atoms with E-state index in [4.69, 9.17) is 0 Å². The van der Waals surface area contributed by atoms with Crippen LogP contribution in [0.4, 0.5) is 30.6 Å². The van der Waals surface area contributed by atoms with E-state index in [1.165, 1.54) is 6.20 Å². The summed E-state index contributed by atoms with van der Waals surface area (Å²) >= 11 is 0. The van der Waals surface area contributed by atoms with Gasteiger partial charge >= 0.3 is 6.18 Å². The third-order valence-electron chi connectivity index (χ3n) is 4.96. The molecule has 0 spiro atoms. The molecule has 1 aliphatic rings. The molecule has 0 aliphatic carbocycles. The SMILES string of the molecule is Cc1cc(Nc2nc(NC3CCNCC3)nc3cc[nH]c(=O)c23)cc(C(F)(F)F)c1. The second kappa shape index (κ2) is 7.94. The molecule has 0 amide bonds. The van der Waals surface area contributed by atoms with Gasteiger partial charge in [-0.15, -0.1) is 0 Å². The van der Waals surface area contributed by atoms with Gasteiger partial charge in [0.1, 0.15) is 11.2 Å². The largest absolute Gasteiger partial charge is 0.416 e. The van der Waals surface area contributed by atoms with Crippen molar-refractivity contribution >= 4 is 28.4 Å². The highest BCUT2D eigenvalue weighted by Gasteiger charge is 2.31. The summed E-state index contributed by atoms with van der Waals surface area (Å²) < 4.78 is 39.6. The number of nitrogens with one attached hydrogen (secondary N) is 4. The van der Waals surface area contributed by atoms with Crippen LogP contribution in [0.3, 0.4) is 0 Å². The summed E-state index contributed by atoms with van der Waals surface area (Å²) in [5.74, 6) is 0.475. The van der Waals surface area contributed by atoms with Gasteiger partial charge in [0, 0.05) is 17.9 Å². The van der Waals surface area contributed by atoms with Crippen molar-refractivity contribution in [2.75, 3.05) is 23.7 Å². The molecule has 1 fully saturated rings. The Labute approximate surface area is 170 Å². The van der Waals surface area contributed by atoms with Crippen LogP contribution >= 0.6 is 0 Å². The van der Waals surface area contributed by atoms with E-state index in [1.54, 1.807) is 19.1 Å². The molecule has 10 heteroatoms. The quantitative estimate of drug-likeness (QED) is 0.518. The summed E-state index contributed by atoms with van der Waals surface area (Å²) in [5.41, 5.74) is -0.167. The van der Waals surface area contributed by atoms with Crippen LogP contribution in [0.15, 0.2) is 35.3 Å². The van der Waals surface area contributed by atoms with Crippen LogP contribution in [0.5, 0.6) is 0 Å². The number of aromatic nitrogens is 3. The summed E-state index contributed by atoms with van der Waals surface area (Å²) in [5, 5.41) is 9.62. The van der Waals surface area contributed by atoms with Gasteiger partial charge in [-0.1, -0.05) is 0 Å². The lowest BCUT2D eigenvalue weighted by Gasteiger charge is -2.24. The van der Waals surface area contributed by atoms with Gasteiger partial charge in [-0.05, 0) is 62.7 Å². The summed E-state index contributed by atoms with van der Waals surface area (Å²) in [4.78, 5) is 23.8. The van der Waals surface area contributed by atoms with Gasteiger partial charge in [0.25, 0.3) is 5.56 Å². The predicted molar refractivity (Wildman–Crippen MR) is 109 cm³/mol. The molecule has 2 aromatic heterocycles. The first-order chi connectivity index (χ1) is 14.3. The number of hydrogen-bond donors (Lipinski definition) is 4. The van der Waals surface area contributed by atoms with Crippen molar-refractivity contribution in [3.63, 3.8) is 0 Å². The van der Waals surface area contributed by atoms with Crippen LogP contribution in [0.2, 0.25) is 0 Å². The fraction of sp³-hybridized carbons (Fsp3) is 0.350. The molecule has 1 aliphatic heterocycles. The van der Waals surface area contributed by atoms with Crippen molar-refractivity contribution in [1.29, 1.82) is 0 Å². The molecule has 4 rings (SSSR count). The average molecular weight is 418 g/mol. The fourth-order valence-electron chi connectivity index (χ4n) is 3.55. The molecule has 3 aromatic rings. The topological polar surface area (TPSA) is 94.7 Å². The Morgan fingerprint density at radius 2 is 1.90 bits per heavy atom. The second-order valence-corrected chi connectivity index (χ2v) is 7.34.